The quantitative estimate of drug-likeness (QED) is 0.788. The predicted octanol–water partition coefficient (Wildman–Crippen LogP) is 3.50. The zero-order valence-corrected chi connectivity index (χ0v) is 12.2. The lowest BCUT2D eigenvalue weighted by Crippen LogP contribution is -2.16. The second-order valence-corrected chi connectivity index (χ2v) is 5.62. The van der Waals surface area contributed by atoms with Crippen LogP contribution in [0, 0.1) is 0 Å². The zero-order chi connectivity index (χ0) is 14.0. The average molecular weight is 278 g/mol. The van der Waals surface area contributed by atoms with Crippen molar-refractivity contribution in [1.82, 2.24) is 15.0 Å². The van der Waals surface area contributed by atoms with Crippen LogP contribution in [0.1, 0.15) is 26.6 Å². The van der Waals surface area contributed by atoms with E-state index in [4.69, 9.17) is 16.3 Å². The minimum absolute atomic E-state index is 0.161. The van der Waals surface area contributed by atoms with Crippen LogP contribution in [0.4, 0.5) is 0 Å². The largest absolute Gasteiger partial charge is 0.495 e. The highest BCUT2D eigenvalue weighted by molar-refractivity contribution is 6.29. The second kappa shape index (κ2) is 5.13. The van der Waals surface area contributed by atoms with Gasteiger partial charge in [-0.2, -0.15) is 0 Å². The van der Waals surface area contributed by atoms with Crippen molar-refractivity contribution in [3.05, 3.63) is 35.4 Å². The van der Waals surface area contributed by atoms with Crippen LogP contribution in [0.5, 0.6) is 5.75 Å². The van der Waals surface area contributed by atoms with Crippen molar-refractivity contribution in [2.75, 3.05) is 7.11 Å². The Balaban J connectivity index is 2.46. The van der Waals surface area contributed by atoms with Crippen LogP contribution in [0.2, 0.25) is 5.15 Å². The highest BCUT2D eigenvalue weighted by atomic mass is 35.5. The summed E-state index contributed by atoms with van der Waals surface area (Å²) in [5.74, 6) is 1.41. The number of rotatable bonds is 2. The molecule has 0 amide bonds. The molecule has 5 heteroatoms. The fraction of sp³-hybridized carbons (Fsp3) is 0.357. The van der Waals surface area contributed by atoms with Gasteiger partial charge in [0.25, 0.3) is 0 Å². The standard InChI is InChI=1S/C14H16ClN3O/c1-14(2,3)13-17-11(7-12(15)18-13)10-6-5-9(19-4)8-16-10/h5-8H,1-4H3. The Morgan fingerprint density at radius 2 is 1.84 bits per heavy atom. The fourth-order valence-electron chi connectivity index (χ4n) is 1.54. The fourth-order valence-corrected chi connectivity index (χ4v) is 1.72. The zero-order valence-electron chi connectivity index (χ0n) is 11.4. The third-order valence-corrected chi connectivity index (χ3v) is 2.79. The number of methoxy groups -OCH3 is 1. The molecule has 0 aliphatic heterocycles. The molecule has 0 saturated carbocycles. The van der Waals surface area contributed by atoms with Gasteiger partial charge >= 0.3 is 0 Å². The molecule has 0 saturated heterocycles. The summed E-state index contributed by atoms with van der Waals surface area (Å²) in [4.78, 5) is 13.1. The van der Waals surface area contributed by atoms with Gasteiger partial charge in [-0.15, -0.1) is 0 Å². The van der Waals surface area contributed by atoms with Gasteiger partial charge in [0, 0.05) is 11.5 Å². The van der Waals surface area contributed by atoms with Gasteiger partial charge in [0.05, 0.1) is 24.7 Å². The van der Waals surface area contributed by atoms with Crippen molar-refractivity contribution in [1.29, 1.82) is 0 Å². The van der Waals surface area contributed by atoms with E-state index in [0.29, 0.717) is 22.4 Å². The maximum atomic E-state index is 6.06. The van der Waals surface area contributed by atoms with Gasteiger partial charge in [-0.25, -0.2) is 9.97 Å². The van der Waals surface area contributed by atoms with Crippen molar-refractivity contribution >= 4 is 11.6 Å². The Morgan fingerprint density at radius 1 is 1.11 bits per heavy atom. The van der Waals surface area contributed by atoms with Gasteiger partial charge in [-0.1, -0.05) is 32.4 Å². The first-order chi connectivity index (χ1) is 8.90. The van der Waals surface area contributed by atoms with E-state index < -0.39 is 0 Å². The van der Waals surface area contributed by atoms with Gasteiger partial charge in [0.15, 0.2) is 0 Å². The molecule has 0 atom stereocenters. The van der Waals surface area contributed by atoms with Crippen molar-refractivity contribution in [3.63, 3.8) is 0 Å². The van der Waals surface area contributed by atoms with E-state index in [-0.39, 0.29) is 5.41 Å². The normalized spacial score (nSPS) is 11.4. The summed E-state index contributed by atoms with van der Waals surface area (Å²) in [5.41, 5.74) is 1.30. The number of ether oxygens (including phenoxy) is 1. The van der Waals surface area contributed by atoms with E-state index in [9.17, 15) is 0 Å². The molecule has 2 heterocycles. The van der Waals surface area contributed by atoms with Crippen LogP contribution in [0.25, 0.3) is 11.4 Å². The third kappa shape index (κ3) is 3.20. The van der Waals surface area contributed by atoms with Gasteiger partial charge in [0.1, 0.15) is 16.7 Å². The Bertz CT molecular complexity index is 576. The molecule has 0 aliphatic carbocycles. The predicted molar refractivity (Wildman–Crippen MR) is 75.5 cm³/mol. The summed E-state index contributed by atoms with van der Waals surface area (Å²) in [6.45, 7) is 6.14. The van der Waals surface area contributed by atoms with E-state index in [2.05, 4.69) is 15.0 Å². The van der Waals surface area contributed by atoms with Crippen LogP contribution >= 0.6 is 11.6 Å². The second-order valence-electron chi connectivity index (χ2n) is 5.23. The number of pyridine rings is 1. The molecule has 2 aromatic heterocycles. The van der Waals surface area contributed by atoms with Crippen LogP contribution in [-0.2, 0) is 5.41 Å². The summed E-state index contributed by atoms with van der Waals surface area (Å²) in [7, 11) is 1.61. The maximum Gasteiger partial charge on any atom is 0.137 e. The highest BCUT2D eigenvalue weighted by Crippen LogP contribution is 2.25. The summed E-state index contributed by atoms with van der Waals surface area (Å²) in [6, 6.07) is 5.41. The first-order valence-corrected chi connectivity index (χ1v) is 6.33. The molecule has 2 aromatic rings. The van der Waals surface area contributed by atoms with Crippen LogP contribution in [-0.4, -0.2) is 22.1 Å². The van der Waals surface area contributed by atoms with Crippen molar-refractivity contribution in [2.45, 2.75) is 26.2 Å². The minimum Gasteiger partial charge on any atom is -0.495 e. The summed E-state index contributed by atoms with van der Waals surface area (Å²) in [5, 5.41) is 0.424. The highest BCUT2D eigenvalue weighted by Gasteiger charge is 2.19. The molecule has 0 aromatic carbocycles. The molecule has 0 spiro atoms. The van der Waals surface area contributed by atoms with Crippen molar-refractivity contribution < 1.29 is 4.74 Å². The van der Waals surface area contributed by atoms with Gasteiger partial charge < -0.3 is 4.74 Å². The van der Waals surface area contributed by atoms with Crippen molar-refractivity contribution in [3.8, 4) is 17.1 Å². The maximum absolute atomic E-state index is 6.06. The molecule has 0 unspecified atom stereocenters. The summed E-state index contributed by atoms with van der Waals surface area (Å²) < 4.78 is 5.09. The van der Waals surface area contributed by atoms with Gasteiger partial charge in [0.2, 0.25) is 0 Å². The molecule has 100 valence electrons. The first-order valence-electron chi connectivity index (χ1n) is 5.95. The first kappa shape index (κ1) is 13.7. The number of nitrogens with zero attached hydrogens (tertiary/aromatic N) is 3. The van der Waals surface area contributed by atoms with Gasteiger partial charge in [-0.05, 0) is 12.1 Å². The number of aromatic nitrogens is 3. The lowest BCUT2D eigenvalue weighted by molar-refractivity contribution is 0.413. The Kier molecular flexibility index (Phi) is 3.71. The molecular weight excluding hydrogens is 262 g/mol. The lowest BCUT2D eigenvalue weighted by Gasteiger charge is -2.17. The minimum atomic E-state index is -0.161. The topological polar surface area (TPSA) is 47.9 Å². The monoisotopic (exact) mass is 277 g/mol. The summed E-state index contributed by atoms with van der Waals surface area (Å²) >= 11 is 6.06. The Morgan fingerprint density at radius 3 is 2.37 bits per heavy atom. The molecule has 0 bridgehead atoms. The van der Waals surface area contributed by atoms with Crippen molar-refractivity contribution in [2.24, 2.45) is 0 Å². The molecule has 2 rings (SSSR count). The van der Waals surface area contributed by atoms with Gasteiger partial charge in [-0.3, -0.25) is 4.98 Å². The van der Waals surface area contributed by atoms with Crippen LogP contribution < -0.4 is 4.74 Å². The molecule has 4 nitrogen and oxygen atoms in total. The molecular formula is C14H16ClN3O. The average Bonchev–Trinajstić information content (AvgIpc) is 2.37. The van der Waals surface area contributed by atoms with E-state index in [1.807, 2.05) is 32.9 Å². The third-order valence-electron chi connectivity index (χ3n) is 2.60. The number of halogens is 1. The molecule has 19 heavy (non-hydrogen) atoms. The molecule has 0 radical (unpaired) electrons. The van der Waals surface area contributed by atoms with Crippen LogP contribution in [0.3, 0.4) is 0 Å². The summed E-state index contributed by atoms with van der Waals surface area (Å²) in [6.07, 6.45) is 1.65. The van der Waals surface area contributed by atoms with E-state index in [1.54, 1.807) is 19.4 Å². The van der Waals surface area contributed by atoms with Crippen LogP contribution in [0.15, 0.2) is 24.4 Å². The SMILES string of the molecule is COc1ccc(-c2cc(Cl)nc(C(C)(C)C)n2)nc1. The lowest BCUT2D eigenvalue weighted by atomic mass is 9.95. The van der Waals surface area contributed by atoms with E-state index >= 15 is 0 Å². The van der Waals surface area contributed by atoms with E-state index in [1.165, 1.54) is 0 Å². The van der Waals surface area contributed by atoms with E-state index in [0.717, 1.165) is 5.69 Å². The molecule has 0 fully saturated rings. The smallest absolute Gasteiger partial charge is 0.137 e. The molecule has 0 N–H and O–H groups in total. The number of hydrogen-bond donors (Lipinski definition) is 0. The molecule has 0 aliphatic rings. The Labute approximate surface area is 117 Å². The number of hydrogen-bond acceptors (Lipinski definition) is 4. The Hall–Kier alpha value is -1.68.